The maximum atomic E-state index is 5.62. The molecule has 3 heteroatoms. The average Bonchev–Trinajstić information content (AvgIpc) is 3.10. The second kappa shape index (κ2) is 6.54. The van der Waals surface area contributed by atoms with Gasteiger partial charge in [-0.15, -0.1) is 0 Å². The summed E-state index contributed by atoms with van der Waals surface area (Å²) >= 11 is 0. The van der Waals surface area contributed by atoms with Gasteiger partial charge >= 0.3 is 0 Å². The monoisotopic (exact) mass is 362 g/mol. The van der Waals surface area contributed by atoms with Crippen molar-refractivity contribution in [2.24, 2.45) is 17.3 Å². The molecule has 1 heterocycles. The highest BCUT2D eigenvalue weighted by atomic mass is 16.5. The Labute approximate surface area is 162 Å². The molecule has 0 saturated heterocycles. The molecule has 1 aromatic heterocycles. The minimum absolute atomic E-state index is 0.597. The first-order valence-electron chi connectivity index (χ1n) is 10.6. The van der Waals surface area contributed by atoms with Crippen molar-refractivity contribution in [2.45, 2.75) is 57.8 Å². The average molecular weight is 363 g/mol. The Kier molecular flexibility index (Phi) is 4.14. The summed E-state index contributed by atoms with van der Waals surface area (Å²) in [7, 11) is 1.77. The Morgan fingerprint density at radius 2 is 2.07 bits per heavy atom. The standard InChI is InChI=1S/C24H30N2O/c1-24-11-5-6-20(24)18-9-8-16-14-17(27-2)15-21(23(16)19(18)10-12-24)26-22-7-3-4-13-25-22/h3-4,7,13-15,18-20H,5-6,8-12H2,1-2H3,(H,25,26)/t18-,19+,20+,24+/m1/s1. The van der Waals surface area contributed by atoms with E-state index >= 15 is 0 Å². The minimum atomic E-state index is 0.597. The van der Waals surface area contributed by atoms with Gasteiger partial charge in [0.15, 0.2) is 0 Å². The van der Waals surface area contributed by atoms with Crippen molar-refractivity contribution < 1.29 is 4.74 Å². The number of nitrogens with one attached hydrogen (secondary N) is 1. The van der Waals surface area contributed by atoms with Crippen LogP contribution in [0.15, 0.2) is 36.5 Å². The highest BCUT2D eigenvalue weighted by Crippen LogP contribution is 2.61. The molecule has 2 saturated carbocycles. The number of pyridine rings is 1. The second-order valence-electron chi connectivity index (χ2n) is 9.09. The predicted molar refractivity (Wildman–Crippen MR) is 110 cm³/mol. The number of fused-ring (bicyclic) bond motifs is 5. The lowest BCUT2D eigenvalue weighted by Crippen LogP contribution is -2.39. The van der Waals surface area contributed by atoms with E-state index in [4.69, 9.17) is 4.74 Å². The van der Waals surface area contributed by atoms with Gasteiger partial charge in [-0.2, -0.15) is 0 Å². The minimum Gasteiger partial charge on any atom is -0.497 e. The van der Waals surface area contributed by atoms with E-state index in [1.165, 1.54) is 56.2 Å². The number of aryl methyl sites for hydroxylation is 1. The fourth-order valence-corrected chi connectivity index (χ4v) is 6.49. The van der Waals surface area contributed by atoms with Gasteiger partial charge in [0.2, 0.25) is 0 Å². The van der Waals surface area contributed by atoms with Crippen LogP contribution in [0.5, 0.6) is 5.75 Å². The molecule has 0 unspecified atom stereocenters. The second-order valence-corrected chi connectivity index (χ2v) is 9.09. The Morgan fingerprint density at radius 3 is 2.89 bits per heavy atom. The van der Waals surface area contributed by atoms with Crippen LogP contribution in [0.1, 0.15) is 62.5 Å². The van der Waals surface area contributed by atoms with Crippen LogP contribution in [-0.2, 0) is 6.42 Å². The number of methoxy groups -OCH3 is 1. The van der Waals surface area contributed by atoms with Gasteiger partial charge in [0.05, 0.1) is 7.11 Å². The normalized spacial score (nSPS) is 31.6. The summed E-state index contributed by atoms with van der Waals surface area (Å²) in [6, 6.07) is 10.5. The van der Waals surface area contributed by atoms with Gasteiger partial charge in [0, 0.05) is 18.0 Å². The number of hydrogen-bond acceptors (Lipinski definition) is 3. The summed E-state index contributed by atoms with van der Waals surface area (Å²) in [6.07, 6.45) is 11.4. The predicted octanol–water partition coefficient (Wildman–Crippen LogP) is 6.08. The van der Waals surface area contributed by atoms with Crippen molar-refractivity contribution in [1.82, 2.24) is 4.98 Å². The van der Waals surface area contributed by atoms with Crippen LogP contribution in [-0.4, -0.2) is 12.1 Å². The van der Waals surface area contributed by atoms with Crippen LogP contribution >= 0.6 is 0 Å². The molecule has 0 aliphatic heterocycles. The van der Waals surface area contributed by atoms with Gasteiger partial charge < -0.3 is 10.1 Å². The fraction of sp³-hybridized carbons (Fsp3) is 0.542. The molecule has 1 N–H and O–H groups in total. The molecule has 5 rings (SSSR count). The summed E-state index contributed by atoms with van der Waals surface area (Å²) in [5.74, 6) is 4.30. The van der Waals surface area contributed by atoms with Crippen LogP contribution in [0, 0.1) is 17.3 Å². The molecule has 2 fully saturated rings. The molecule has 3 aliphatic carbocycles. The van der Waals surface area contributed by atoms with Crippen molar-refractivity contribution in [3.8, 4) is 5.75 Å². The molecule has 0 radical (unpaired) electrons. The molecule has 3 nitrogen and oxygen atoms in total. The van der Waals surface area contributed by atoms with Crippen LogP contribution in [0.4, 0.5) is 11.5 Å². The number of anilines is 2. The molecule has 27 heavy (non-hydrogen) atoms. The van der Waals surface area contributed by atoms with Crippen molar-refractivity contribution in [3.05, 3.63) is 47.7 Å². The lowest BCUT2D eigenvalue weighted by atomic mass is 9.55. The van der Waals surface area contributed by atoms with Crippen molar-refractivity contribution in [1.29, 1.82) is 0 Å². The van der Waals surface area contributed by atoms with E-state index in [0.29, 0.717) is 11.3 Å². The Hall–Kier alpha value is -2.03. The van der Waals surface area contributed by atoms with E-state index < -0.39 is 0 Å². The Balaban J connectivity index is 1.56. The molecule has 2 aromatic rings. The van der Waals surface area contributed by atoms with Crippen molar-refractivity contribution in [2.75, 3.05) is 12.4 Å². The first-order chi connectivity index (χ1) is 13.2. The van der Waals surface area contributed by atoms with E-state index in [-0.39, 0.29) is 0 Å². The zero-order valence-electron chi connectivity index (χ0n) is 16.5. The van der Waals surface area contributed by atoms with Crippen LogP contribution in [0.2, 0.25) is 0 Å². The van der Waals surface area contributed by atoms with E-state index in [0.717, 1.165) is 23.4 Å². The quantitative estimate of drug-likeness (QED) is 0.718. The number of aromatic nitrogens is 1. The summed E-state index contributed by atoms with van der Waals surface area (Å²) in [5.41, 5.74) is 4.83. The molecular weight excluding hydrogens is 332 g/mol. The first-order valence-corrected chi connectivity index (χ1v) is 10.6. The summed E-state index contributed by atoms with van der Waals surface area (Å²) in [4.78, 5) is 4.49. The SMILES string of the molecule is COc1cc2c(c(Nc3ccccn3)c1)[C@H]1CC[C@]3(C)CCC[C@H]3[C@@H]1CC2. The molecule has 4 atom stereocenters. The van der Waals surface area contributed by atoms with E-state index in [2.05, 4.69) is 29.4 Å². The number of ether oxygens (including phenoxy) is 1. The maximum Gasteiger partial charge on any atom is 0.130 e. The topological polar surface area (TPSA) is 34.1 Å². The highest BCUT2D eigenvalue weighted by molar-refractivity contribution is 5.67. The summed E-state index contributed by atoms with van der Waals surface area (Å²) in [6.45, 7) is 2.57. The molecule has 0 spiro atoms. The number of nitrogens with zero attached hydrogens (tertiary/aromatic N) is 1. The molecule has 0 bridgehead atoms. The fourth-order valence-electron chi connectivity index (χ4n) is 6.49. The van der Waals surface area contributed by atoms with Crippen molar-refractivity contribution >= 4 is 11.5 Å². The lowest BCUT2D eigenvalue weighted by Gasteiger charge is -2.49. The molecule has 0 amide bonds. The van der Waals surface area contributed by atoms with Gasteiger partial charge in [-0.05, 0) is 91.0 Å². The zero-order chi connectivity index (χ0) is 18.4. The number of hydrogen-bond donors (Lipinski definition) is 1. The zero-order valence-corrected chi connectivity index (χ0v) is 16.5. The smallest absolute Gasteiger partial charge is 0.130 e. The number of rotatable bonds is 3. The van der Waals surface area contributed by atoms with Crippen LogP contribution < -0.4 is 10.1 Å². The van der Waals surface area contributed by atoms with Crippen molar-refractivity contribution in [3.63, 3.8) is 0 Å². The van der Waals surface area contributed by atoms with E-state index in [1.54, 1.807) is 12.7 Å². The van der Waals surface area contributed by atoms with Crippen LogP contribution in [0.3, 0.4) is 0 Å². The van der Waals surface area contributed by atoms with E-state index in [9.17, 15) is 0 Å². The van der Waals surface area contributed by atoms with Gasteiger partial charge in [0.1, 0.15) is 11.6 Å². The largest absolute Gasteiger partial charge is 0.497 e. The van der Waals surface area contributed by atoms with Gasteiger partial charge in [0.25, 0.3) is 0 Å². The third kappa shape index (κ3) is 2.83. The lowest BCUT2D eigenvalue weighted by molar-refractivity contribution is 0.0601. The first kappa shape index (κ1) is 17.1. The number of benzene rings is 1. The molecule has 3 aliphatic rings. The third-order valence-electron chi connectivity index (χ3n) is 7.74. The highest BCUT2D eigenvalue weighted by Gasteiger charge is 2.50. The van der Waals surface area contributed by atoms with Gasteiger partial charge in [-0.25, -0.2) is 4.98 Å². The van der Waals surface area contributed by atoms with Crippen LogP contribution in [0.25, 0.3) is 0 Å². The third-order valence-corrected chi connectivity index (χ3v) is 7.74. The van der Waals surface area contributed by atoms with Gasteiger partial charge in [-0.1, -0.05) is 19.4 Å². The maximum absolute atomic E-state index is 5.62. The Bertz CT molecular complexity index is 834. The van der Waals surface area contributed by atoms with Gasteiger partial charge in [-0.3, -0.25) is 0 Å². The van der Waals surface area contributed by atoms with E-state index in [1.807, 2.05) is 24.4 Å². The summed E-state index contributed by atoms with van der Waals surface area (Å²) < 4.78 is 5.62. The summed E-state index contributed by atoms with van der Waals surface area (Å²) in [5, 5.41) is 3.62. The Morgan fingerprint density at radius 1 is 1.15 bits per heavy atom. The molecular formula is C24H30N2O. The molecule has 1 aromatic carbocycles. The molecule has 142 valence electrons.